The van der Waals surface area contributed by atoms with Gasteiger partial charge in [-0.15, -0.1) is 0 Å². The number of hydrogen-bond donors (Lipinski definition) is 2. The van der Waals surface area contributed by atoms with E-state index < -0.39 is 11.7 Å². The fourth-order valence-corrected chi connectivity index (χ4v) is 1.51. The van der Waals surface area contributed by atoms with Crippen LogP contribution in [-0.2, 0) is 0 Å². The Morgan fingerprint density at radius 3 is 2.71 bits per heavy atom. The number of nitrogens with two attached hydrogens (primary N) is 1. The van der Waals surface area contributed by atoms with E-state index in [4.69, 9.17) is 18.0 Å². The van der Waals surface area contributed by atoms with Crippen LogP contribution in [0.4, 0.5) is 4.39 Å². The van der Waals surface area contributed by atoms with Gasteiger partial charge in [-0.1, -0.05) is 24.4 Å². The summed E-state index contributed by atoms with van der Waals surface area (Å²) in [5.41, 5.74) is 5.41. The third-order valence-corrected chi connectivity index (χ3v) is 2.46. The van der Waals surface area contributed by atoms with Gasteiger partial charge in [-0.2, -0.15) is 0 Å². The van der Waals surface area contributed by atoms with Gasteiger partial charge in [0.2, 0.25) is 0 Å². The van der Waals surface area contributed by atoms with Gasteiger partial charge in [0.15, 0.2) is 0 Å². The minimum Gasteiger partial charge on any atom is -0.393 e. The zero-order chi connectivity index (χ0) is 12.7. The number of carbonyl (C=O) groups excluding carboxylic acids is 1. The van der Waals surface area contributed by atoms with Gasteiger partial charge < -0.3 is 11.1 Å². The smallest absolute Gasteiger partial charge is 0.254 e. The molecule has 0 unspecified atom stereocenters. The highest BCUT2D eigenvalue weighted by molar-refractivity contribution is 7.80. The first kappa shape index (κ1) is 13.6. The van der Waals surface area contributed by atoms with Crippen LogP contribution in [0.1, 0.15) is 29.6 Å². The number of unbranched alkanes of at least 4 members (excludes halogenated alkanes) is 1. The highest BCUT2D eigenvalue weighted by Gasteiger charge is 2.09. The second kappa shape index (κ2) is 6.96. The molecule has 0 fully saturated rings. The molecular weight excluding hydrogens is 239 g/mol. The molecule has 0 radical (unpaired) electrons. The van der Waals surface area contributed by atoms with Crippen LogP contribution in [0.5, 0.6) is 0 Å². The number of amides is 1. The molecule has 3 N–H and O–H groups in total. The van der Waals surface area contributed by atoms with Crippen LogP contribution in [0.25, 0.3) is 0 Å². The maximum atomic E-state index is 13.2. The molecule has 0 aliphatic heterocycles. The van der Waals surface area contributed by atoms with Gasteiger partial charge in [0, 0.05) is 6.54 Å². The number of thiocarbonyl (C=S) groups is 1. The van der Waals surface area contributed by atoms with Gasteiger partial charge in [0.05, 0.1) is 10.6 Å². The molecule has 0 saturated heterocycles. The highest BCUT2D eigenvalue weighted by Crippen LogP contribution is 2.05. The van der Waals surface area contributed by atoms with Crippen LogP contribution in [0.2, 0.25) is 0 Å². The maximum absolute atomic E-state index is 13.2. The van der Waals surface area contributed by atoms with E-state index in [9.17, 15) is 9.18 Å². The average molecular weight is 254 g/mol. The summed E-state index contributed by atoms with van der Waals surface area (Å²) in [5, 5.41) is 2.65. The molecule has 17 heavy (non-hydrogen) atoms. The number of nitrogens with one attached hydrogen (secondary N) is 1. The lowest BCUT2D eigenvalue weighted by Crippen LogP contribution is -2.25. The molecular formula is C12H15FN2OS. The molecule has 3 nitrogen and oxygen atoms in total. The maximum Gasteiger partial charge on any atom is 0.254 e. The van der Waals surface area contributed by atoms with Gasteiger partial charge in [-0.05, 0) is 31.4 Å². The van der Waals surface area contributed by atoms with E-state index in [-0.39, 0.29) is 5.56 Å². The molecule has 0 aliphatic carbocycles. The molecule has 1 aromatic carbocycles. The zero-order valence-corrected chi connectivity index (χ0v) is 10.2. The fourth-order valence-electron chi connectivity index (χ4n) is 1.37. The van der Waals surface area contributed by atoms with Crippen molar-refractivity contribution in [3.63, 3.8) is 0 Å². The van der Waals surface area contributed by atoms with Gasteiger partial charge in [-0.3, -0.25) is 4.79 Å². The largest absolute Gasteiger partial charge is 0.393 e. The quantitative estimate of drug-likeness (QED) is 0.603. The number of rotatable bonds is 6. The topological polar surface area (TPSA) is 55.1 Å². The Hall–Kier alpha value is -1.49. The van der Waals surface area contributed by atoms with Crippen molar-refractivity contribution >= 4 is 23.1 Å². The predicted molar refractivity (Wildman–Crippen MR) is 69.4 cm³/mol. The first-order valence-corrected chi connectivity index (χ1v) is 5.83. The lowest BCUT2D eigenvalue weighted by molar-refractivity contribution is 0.0949. The summed E-state index contributed by atoms with van der Waals surface area (Å²) < 4.78 is 13.2. The first-order chi connectivity index (χ1) is 8.11. The summed E-state index contributed by atoms with van der Waals surface area (Å²) >= 11 is 4.73. The normalized spacial score (nSPS) is 9.94. The summed E-state index contributed by atoms with van der Waals surface area (Å²) in [7, 11) is 0. The Balaban J connectivity index is 2.31. The molecule has 0 bridgehead atoms. The van der Waals surface area contributed by atoms with E-state index in [1.165, 1.54) is 12.1 Å². The van der Waals surface area contributed by atoms with Crippen LogP contribution in [0, 0.1) is 5.82 Å². The molecule has 0 heterocycles. The molecule has 92 valence electrons. The molecule has 1 rings (SSSR count). The number of carbonyl (C=O) groups is 1. The van der Waals surface area contributed by atoms with Crippen molar-refractivity contribution in [2.75, 3.05) is 6.54 Å². The molecule has 0 spiro atoms. The SMILES string of the molecule is NC(=S)CCCCNC(=O)c1ccccc1F. The first-order valence-electron chi connectivity index (χ1n) is 5.42. The summed E-state index contributed by atoms with van der Waals surface area (Å²) in [5.74, 6) is -0.897. The summed E-state index contributed by atoms with van der Waals surface area (Å²) in [4.78, 5) is 12.0. The molecule has 0 aromatic heterocycles. The van der Waals surface area contributed by atoms with Crippen LogP contribution >= 0.6 is 12.2 Å². The Kier molecular flexibility index (Phi) is 5.56. The molecule has 0 atom stereocenters. The Morgan fingerprint density at radius 2 is 2.06 bits per heavy atom. The molecule has 0 saturated carbocycles. The third kappa shape index (κ3) is 4.91. The molecule has 5 heteroatoms. The van der Waals surface area contributed by atoms with Crippen LogP contribution in [0.15, 0.2) is 24.3 Å². The number of halogens is 1. The highest BCUT2D eigenvalue weighted by atomic mass is 32.1. The fraction of sp³-hybridized carbons (Fsp3) is 0.333. The van der Waals surface area contributed by atoms with Crippen molar-refractivity contribution in [2.24, 2.45) is 5.73 Å². The van der Waals surface area contributed by atoms with Crippen molar-refractivity contribution in [1.82, 2.24) is 5.32 Å². The minimum absolute atomic E-state index is 0.0712. The van der Waals surface area contributed by atoms with Crippen LogP contribution in [0.3, 0.4) is 0 Å². The van der Waals surface area contributed by atoms with Crippen molar-refractivity contribution in [3.8, 4) is 0 Å². The van der Waals surface area contributed by atoms with Crippen molar-refractivity contribution in [1.29, 1.82) is 0 Å². The van der Waals surface area contributed by atoms with E-state index in [1.54, 1.807) is 12.1 Å². The Bertz CT molecular complexity index is 409. The number of hydrogen-bond acceptors (Lipinski definition) is 2. The molecule has 0 aliphatic rings. The second-order valence-electron chi connectivity index (χ2n) is 3.66. The minimum atomic E-state index is -0.506. The van der Waals surface area contributed by atoms with Crippen LogP contribution < -0.4 is 11.1 Å². The zero-order valence-electron chi connectivity index (χ0n) is 9.41. The Labute approximate surface area is 105 Å². The predicted octanol–water partition coefficient (Wildman–Crippen LogP) is 2.01. The van der Waals surface area contributed by atoms with Gasteiger partial charge in [-0.25, -0.2) is 4.39 Å². The Morgan fingerprint density at radius 1 is 1.35 bits per heavy atom. The lowest BCUT2D eigenvalue weighted by Gasteiger charge is -2.05. The van der Waals surface area contributed by atoms with Crippen LogP contribution in [-0.4, -0.2) is 17.4 Å². The van der Waals surface area contributed by atoms with Gasteiger partial charge >= 0.3 is 0 Å². The number of benzene rings is 1. The lowest BCUT2D eigenvalue weighted by atomic mass is 10.2. The monoisotopic (exact) mass is 254 g/mol. The standard InChI is InChI=1S/C12H15FN2OS/c13-10-6-2-1-5-9(10)12(16)15-8-4-3-7-11(14)17/h1-2,5-6H,3-4,7-8H2,(H2,14,17)(H,15,16). The summed E-state index contributed by atoms with van der Waals surface area (Å²) in [6, 6.07) is 5.90. The third-order valence-electron chi connectivity index (χ3n) is 2.25. The van der Waals surface area contributed by atoms with Crippen molar-refractivity contribution in [2.45, 2.75) is 19.3 Å². The van der Waals surface area contributed by atoms with Gasteiger partial charge in [0.1, 0.15) is 5.82 Å². The summed E-state index contributed by atoms with van der Waals surface area (Å²) in [6.07, 6.45) is 2.27. The van der Waals surface area contributed by atoms with Crippen molar-refractivity contribution in [3.05, 3.63) is 35.6 Å². The average Bonchev–Trinajstić information content (AvgIpc) is 2.28. The van der Waals surface area contributed by atoms with E-state index in [1.807, 2.05) is 0 Å². The van der Waals surface area contributed by atoms with E-state index >= 15 is 0 Å². The molecule has 1 aromatic rings. The van der Waals surface area contributed by atoms with E-state index in [0.717, 1.165) is 12.8 Å². The van der Waals surface area contributed by atoms with Gasteiger partial charge in [0.25, 0.3) is 5.91 Å². The van der Waals surface area contributed by atoms with E-state index in [2.05, 4.69) is 5.32 Å². The van der Waals surface area contributed by atoms with E-state index in [0.29, 0.717) is 18.0 Å². The second-order valence-corrected chi connectivity index (χ2v) is 4.18. The summed E-state index contributed by atoms with van der Waals surface area (Å²) in [6.45, 7) is 0.496. The van der Waals surface area contributed by atoms with Crippen molar-refractivity contribution < 1.29 is 9.18 Å². The molecule has 1 amide bonds.